The number of hydrogen-bond acceptors (Lipinski definition) is 6. The van der Waals surface area contributed by atoms with Crippen molar-refractivity contribution in [2.75, 3.05) is 13.2 Å². The number of fused-ring (bicyclic) bond motifs is 4. The van der Waals surface area contributed by atoms with Crippen LogP contribution in [0.2, 0.25) is 0 Å². The highest BCUT2D eigenvalue weighted by Crippen LogP contribution is 2.51. The van der Waals surface area contributed by atoms with Crippen LogP contribution in [0.4, 0.5) is 9.59 Å². The van der Waals surface area contributed by atoms with E-state index in [9.17, 15) is 9.59 Å². The highest BCUT2D eigenvalue weighted by atomic mass is 16.7. The van der Waals surface area contributed by atoms with Gasteiger partial charge in [-0.15, -0.1) is 0 Å². The van der Waals surface area contributed by atoms with Crippen LogP contribution in [0, 0.1) is 13.8 Å². The van der Waals surface area contributed by atoms with Crippen LogP contribution in [0.3, 0.4) is 0 Å². The first kappa shape index (κ1) is 40.6. The fourth-order valence-electron chi connectivity index (χ4n) is 8.13. The first-order valence-electron chi connectivity index (χ1n) is 21.0. The maximum absolute atomic E-state index is 13.3. The van der Waals surface area contributed by atoms with Crippen LogP contribution in [0.5, 0.6) is 11.5 Å². The van der Waals surface area contributed by atoms with E-state index < -0.39 is 12.3 Å². The Balaban J connectivity index is 1.38. The number of unbranched alkanes of at least 4 members (excludes halogenated alkanes) is 12. The van der Waals surface area contributed by atoms with Gasteiger partial charge in [-0.25, -0.2) is 9.59 Å². The third-order valence-electron chi connectivity index (χ3n) is 11.0. The number of ether oxygens (including phenoxy) is 4. The predicted octanol–water partition coefficient (Wildman–Crippen LogP) is 15.1. The van der Waals surface area contributed by atoms with Crippen molar-refractivity contribution < 1.29 is 28.5 Å². The molecule has 6 nitrogen and oxygen atoms in total. The molecule has 6 rings (SSSR count). The van der Waals surface area contributed by atoms with Gasteiger partial charge in [0.15, 0.2) is 0 Å². The number of aryl methyl sites for hydroxylation is 2. The standard InChI is InChI=1S/C50H58O6/c1-5-7-9-11-13-15-21-33-53-49(51)55-47-39-29-19-17-27-37(39)45(43-35(3)25-23-31-41(43)47)46-38-28-18-20-30-40(38)48(42-32-24-26-36(4)44(42)46)56-50(52)54-34-22-16-14-12-10-8-6-2/h17-20,23-32H,5-16,21-22,33-34H2,1-4H3. The first-order chi connectivity index (χ1) is 27.4. The van der Waals surface area contributed by atoms with Crippen molar-refractivity contribution in [1.82, 2.24) is 0 Å². The van der Waals surface area contributed by atoms with Gasteiger partial charge in [0.1, 0.15) is 11.5 Å². The average molecular weight is 755 g/mol. The van der Waals surface area contributed by atoms with Crippen LogP contribution in [-0.2, 0) is 9.47 Å². The van der Waals surface area contributed by atoms with Crippen molar-refractivity contribution in [3.8, 4) is 22.6 Å². The molecule has 0 fully saturated rings. The van der Waals surface area contributed by atoms with Gasteiger partial charge in [0, 0.05) is 21.5 Å². The topological polar surface area (TPSA) is 71.1 Å². The van der Waals surface area contributed by atoms with Crippen molar-refractivity contribution in [1.29, 1.82) is 0 Å². The van der Waals surface area contributed by atoms with Gasteiger partial charge in [0.25, 0.3) is 0 Å². The van der Waals surface area contributed by atoms with Gasteiger partial charge in [0.2, 0.25) is 0 Å². The second kappa shape index (κ2) is 20.2. The Hall–Kier alpha value is -5.10. The molecule has 0 amide bonds. The van der Waals surface area contributed by atoms with Crippen LogP contribution in [0.15, 0.2) is 84.9 Å². The molecule has 0 N–H and O–H groups in total. The molecule has 56 heavy (non-hydrogen) atoms. The number of carbonyl (C=O) groups excluding carboxylic acids is 2. The van der Waals surface area contributed by atoms with Crippen molar-refractivity contribution >= 4 is 55.4 Å². The predicted molar refractivity (Wildman–Crippen MR) is 231 cm³/mol. The Labute approximate surface area is 332 Å². The van der Waals surface area contributed by atoms with Crippen LogP contribution in [-0.4, -0.2) is 25.5 Å². The normalized spacial score (nSPS) is 11.4. The number of hydrogen-bond donors (Lipinski definition) is 0. The fourth-order valence-corrected chi connectivity index (χ4v) is 8.13. The van der Waals surface area contributed by atoms with E-state index in [0.29, 0.717) is 24.7 Å². The number of carbonyl (C=O) groups is 2. The fraction of sp³-hybridized carbons (Fsp3) is 0.400. The largest absolute Gasteiger partial charge is 0.513 e. The van der Waals surface area contributed by atoms with E-state index in [0.717, 1.165) is 104 Å². The molecule has 0 bridgehead atoms. The maximum Gasteiger partial charge on any atom is 0.513 e. The van der Waals surface area contributed by atoms with Gasteiger partial charge >= 0.3 is 12.3 Å². The molecule has 6 aromatic rings. The Bertz CT molecular complexity index is 2110. The molecule has 0 aliphatic carbocycles. The summed E-state index contributed by atoms with van der Waals surface area (Å²) in [6, 6.07) is 28.4. The Morgan fingerprint density at radius 1 is 0.411 bits per heavy atom. The van der Waals surface area contributed by atoms with E-state index in [1.165, 1.54) is 51.4 Å². The monoisotopic (exact) mass is 754 g/mol. The molecule has 6 heteroatoms. The second-order valence-electron chi connectivity index (χ2n) is 15.1. The smallest absolute Gasteiger partial charge is 0.434 e. The third-order valence-corrected chi connectivity index (χ3v) is 11.0. The molecule has 0 radical (unpaired) electrons. The van der Waals surface area contributed by atoms with Crippen LogP contribution in [0.25, 0.3) is 54.2 Å². The summed E-state index contributed by atoms with van der Waals surface area (Å²) in [5.41, 5.74) is 4.15. The molecule has 294 valence electrons. The van der Waals surface area contributed by atoms with E-state index >= 15 is 0 Å². The molecule has 6 aromatic carbocycles. The molecular formula is C50H58O6. The lowest BCUT2D eigenvalue weighted by molar-refractivity contribution is 0.0972. The van der Waals surface area contributed by atoms with Gasteiger partial charge in [-0.2, -0.15) is 0 Å². The summed E-state index contributed by atoms with van der Waals surface area (Å²) < 4.78 is 23.6. The quantitative estimate of drug-likeness (QED) is 0.0355. The second-order valence-corrected chi connectivity index (χ2v) is 15.1. The molecule has 0 spiro atoms. The molecule has 0 unspecified atom stereocenters. The van der Waals surface area contributed by atoms with Gasteiger partial charge in [-0.3, -0.25) is 0 Å². The Morgan fingerprint density at radius 3 is 1.14 bits per heavy atom. The van der Waals surface area contributed by atoms with Crippen LogP contribution in [0.1, 0.15) is 115 Å². The van der Waals surface area contributed by atoms with Gasteiger partial charge < -0.3 is 18.9 Å². The zero-order valence-corrected chi connectivity index (χ0v) is 33.8. The Kier molecular flexibility index (Phi) is 14.6. The molecule has 0 aliphatic heterocycles. The lowest BCUT2D eigenvalue weighted by Crippen LogP contribution is -2.12. The van der Waals surface area contributed by atoms with Gasteiger partial charge in [-0.05, 0) is 70.5 Å². The first-order valence-corrected chi connectivity index (χ1v) is 21.0. The number of benzene rings is 6. The minimum Gasteiger partial charge on any atom is -0.434 e. The van der Waals surface area contributed by atoms with Crippen molar-refractivity contribution in [2.45, 2.75) is 118 Å². The minimum absolute atomic E-state index is 0.331. The summed E-state index contributed by atoms with van der Waals surface area (Å²) in [6.07, 6.45) is 14.5. The summed E-state index contributed by atoms with van der Waals surface area (Å²) in [6.45, 7) is 9.30. The van der Waals surface area contributed by atoms with E-state index in [-0.39, 0.29) is 0 Å². The number of rotatable bonds is 19. The van der Waals surface area contributed by atoms with Crippen LogP contribution >= 0.6 is 0 Å². The lowest BCUT2D eigenvalue weighted by Gasteiger charge is -2.22. The highest BCUT2D eigenvalue weighted by Gasteiger charge is 2.26. The van der Waals surface area contributed by atoms with E-state index in [4.69, 9.17) is 18.9 Å². The summed E-state index contributed by atoms with van der Waals surface area (Å²) in [5, 5.41) is 7.14. The third kappa shape index (κ3) is 9.46. The maximum atomic E-state index is 13.3. The van der Waals surface area contributed by atoms with Gasteiger partial charge in [-0.1, -0.05) is 176 Å². The summed E-state index contributed by atoms with van der Waals surface area (Å²) in [5.74, 6) is 0.975. The minimum atomic E-state index is -0.691. The molecule has 0 aliphatic rings. The Morgan fingerprint density at radius 2 is 0.750 bits per heavy atom. The van der Waals surface area contributed by atoms with Crippen LogP contribution < -0.4 is 9.47 Å². The van der Waals surface area contributed by atoms with Gasteiger partial charge in [0.05, 0.1) is 13.2 Å². The molecule has 0 heterocycles. The molecule has 0 atom stereocenters. The van der Waals surface area contributed by atoms with Crippen molar-refractivity contribution in [3.63, 3.8) is 0 Å². The summed E-state index contributed by atoms with van der Waals surface area (Å²) >= 11 is 0. The van der Waals surface area contributed by atoms with Crippen molar-refractivity contribution in [3.05, 3.63) is 96.1 Å². The van der Waals surface area contributed by atoms with E-state index in [1.54, 1.807) is 0 Å². The molecular weight excluding hydrogens is 697 g/mol. The SMILES string of the molecule is CCCCCCCCCOC(=O)Oc1c2ccccc2c(-c2c3ccccc3c(OC(=O)OCCCCCCCCC)c3cccc(C)c23)c2c(C)cccc12. The lowest BCUT2D eigenvalue weighted by atomic mass is 9.83. The molecule has 0 aromatic heterocycles. The zero-order chi connectivity index (χ0) is 39.3. The van der Waals surface area contributed by atoms with E-state index in [2.05, 4.69) is 52.0 Å². The van der Waals surface area contributed by atoms with E-state index in [1.807, 2.05) is 60.7 Å². The summed E-state index contributed by atoms with van der Waals surface area (Å²) in [4.78, 5) is 26.6. The molecule has 0 saturated carbocycles. The zero-order valence-electron chi connectivity index (χ0n) is 33.8. The summed E-state index contributed by atoms with van der Waals surface area (Å²) in [7, 11) is 0. The molecule has 0 saturated heterocycles. The van der Waals surface area contributed by atoms with Crippen molar-refractivity contribution in [2.24, 2.45) is 0 Å². The average Bonchev–Trinajstić information content (AvgIpc) is 3.20. The highest BCUT2D eigenvalue weighted by molar-refractivity contribution is 6.27.